The van der Waals surface area contributed by atoms with Crippen molar-refractivity contribution in [2.24, 2.45) is 5.92 Å². The number of pyridine rings is 1. The van der Waals surface area contributed by atoms with Crippen LogP contribution in [0.3, 0.4) is 0 Å². The summed E-state index contributed by atoms with van der Waals surface area (Å²) in [6.45, 7) is 7.26. The van der Waals surface area contributed by atoms with E-state index in [1.165, 1.54) is 16.1 Å². The molecule has 2 aromatic rings. The van der Waals surface area contributed by atoms with Gasteiger partial charge in [0.1, 0.15) is 0 Å². The first-order chi connectivity index (χ1) is 10.1. The third-order valence-corrected chi connectivity index (χ3v) is 4.86. The van der Waals surface area contributed by atoms with Gasteiger partial charge in [0.05, 0.1) is 18.4 Å². The third-order valence-electron chi connectivity index (χ3n) is 3.18. The Morgan fingerprint density at radius 1 is 1.43 bits per heavy atom. The highest BCUT2D eigenvalue weighted by Gasteiger charge is 2.09. The second-order valence-electron chi connectivity index (χ2n) is 5.62. The summed E-state index contributed by atoms with van der Waals surface area (Å²) in [5.74, 6) is 0.663. The fourth-order valence-corrected chi connectivity index (χ4v) is 3.66. The molecule has 0 atom stereocenters. The predicted octanol–water partition coefficient (Wildman–Crippen LogP) is 4.29. The van der Waals surface area contributed by atoms with Gasteiger partial charge in [-0.25, -0.2) is 0 Å². The lowest BCUT2D eigenvalue weighted by atomic mass is 10.2. The van der Waals surface area contributed by atoms with Gasteiger partial charge in [-0.05, 0) is 46.1 Å². The van der Waals surface area contributed by atoms with E-state index in [2.05, 4.69) is 69.5 Å². The second-order valence-corrected chi connectivity index (χ2v) is 7.53. The molecule has 2 rings (SSSR count). The molecule has 114 valence electrons. The predicted molar refractivity (Wildman–Crippen MR) is 94.9 cm³/mol. The summed E-state index contributed by atoms with van der Waals surface area (Å²) in [4.78, 5) is 7.88. The molecule has 0 unspecified atom stereocenters. The van der Waals surface area contributed by atoms with Crippen molar-refractivity contribution in [3.05, 3.63) is 44.8 Å². The number of hydrogen-bond acceptors (Lipinski definition) is 4. The molecular formula is C16H22BrN3S. The first-order valence-electron chi connectivity index (χ1n) is 7.14. The van der Waals surface area contributed by atoms with Crippen LogP contribution < -0.4 is 10.2 Å². The van der Waals surface area contributed by atoms with E-state index in [0.29, 0.717) is 5.92 Å². The summed E-state index contributed by atoms with van der Waals surface area (Å²) in [6, 6.07) is 4.28. The molecule has 0 radical (unpaired) electrons. The highest BCUT2D eigenvalue weighted by Crippen LogP contribution is 2.24. The van der Waals surface area contributed by atoms with Crippen LogP contribution in [0.4, 0.5) is 5.69 Å². The second kappa shape index (κ2) is 7.92. The molecule has 3 nitrogen and oxygen atoms in total. The van der Waals surface area contributed by atoms with E-state index in [1.807, 2.05) is 12.4 Å². The van der Waals surface area contributed by atoms with Gasteiger partial charge in [0.2, 0.25) is 0 Å². The maximum absolute atomic E-state index is 4.28. The van der Waals surface area contributed by atoms with Gasteiger partial charge in [-0.15, -0.1) is 11.3 Å². The molecule has 0 bridgehead atoms. The zero-order chi connectivity index (χ0) is 15.2. The van der Waals surface area contributed by atoms with Crippen molar-refractivity contribution >= 4 is 33.0 Å². The molecule has 0 aromatic carbocycles. The molecule has 0 saturated carbocycles. The van der Waals surface area contributed by atoms with Crippen LogP contribution in [0.25, 0.3) is 0 Å². The van der Waals surface area contributed by atoms with Crippen LogP contribution in [0, 0.1) is 5.92 Å². The Balaban J connectivity index is 2.04. The van der Waals surface area contributed by atoms with Crippen LogP contribution in [0.1, 0.15) is 24.3 Å². The van der Waals surface area contributed by atoms with Crippen molar-refractivity contribution < 1.29 is 0 Å². The Bertz CT molecular complexity index is 568. The molecule has 2 heterocycles. The first-order valence-corrected chi connectivity index (χ1v) is 8.81. The van der Waals surface area contributed by atoms with Gasteiger partial charge in [0.25, 0.3) is 0 Å². The normalized spacial score (nSPS) is 11.1. The summed E-state index contributed by atoms with van der Waals surface area (Å²) in [5.41, 5.74) is 2.49. The van der Waals surface area contributed by atoms with Gasteiger partial charge in [-0.2, -0.15) is 0 Å². The fraction of sp³-hybridized carbons (Fsp3) is 0.438. The average molecular weight is 368 g/mol. The van der Waals surface area contributed by atoms with Crippen molar-refractivity contribution in [3.63, 3.8) is 0 Å². The fourth-order valence-electron chi connectivity index (χ4n) is 2.16. The smallest absolute Gasteiger partial charge is 0.0599 e. The van der Waals surface area contributed by atoms with E-state index in [1.54, 1.807) is 11.3 Å². The molecule has 0 fully saturated rings. The molecular weight excluding hydrogens is 346 g/mol. The van der Waals surface area contributed by atoms with E-state index < -0.39 is 0 Å². The van der Waals surface area contributed by atoms with E-state index in [9.17, 15) is 0 Å². The molecule has 2 aromatic heterocycles. The SMILES string of the molecule is CC(C)CNCc1ccncc1N(C)Cc1cc(Br)cs1. The van der Waals surface area contributed by atoms with Crippen LogP contribution >= 0.6 is 27.3 Å². The van der Waals surface area contributed by atoms with E-state index in [0.717, 1.165) is 24.1 Å². The van der Waals surface area contributed by atoms with Gasteiger partial charge < -0.3 is 10.2 Å². The summed E-state index contributed by atoms with van der Waals surface area (Å²) < 4.78 is 1.15. The zero-order valence-corrected chi connectivity index (χ0v) is 15.2. The molecule has 21 heavy (non-hydrogen) atoms. The molecule has 0 saturated heterocycles. The van der Waals surface area contributed by atoms with Crippen molar-refractivity contribution in [2.75, 3.05) is 18.5 Å². The van der Waals surface area contributed by atoms with Gasteiger partial charge >= 0.3 is 0 Å². The number of hydrogen-bond donors (Lipinski definition) is 1. The number of anilines is 1. The molecule has 0 spiro atoms. The minimum atomic E-state index is 0.663. The number of halogens is 1. The molecule has 0 aliphatic carbocycles. The Morgan fingerprint density at radius 2 is 2.24 bits per heavy atom. The summed E-state index contributed by atoms with van der Waals surface area (Å²) in [6.07, 6.45) is 3.82. The Labute approximate surface area is 139 Å². The Kier molecular flexibility index (Phi) is 6.21. The van der Waals surface area contributed by atoms with Crippen LogP contribution in [0.15, 0.2) is 34.4 Å². The number of aromatic nitrogens is 1. The molecule has 0 aliphatic rings. The van der Waals surface area contributed by atoms with Gasteiger partial charge in [0, 0.05) is 34.5 Å². The van der Waals surface area contributed by atoms with Crippen molar-refractivity contribution in [3.8, 4) is 0 Å². The maximum atomic E-state index is 4.28. The lowest BCUT2D eigenvalue weighted by Crippen LogP contribution is -2.22. The van der Waals surface area contributed by atoms with Crippen LogP contribution in [-0.2, 0) is 13.1 Å². The monoisotopic (exact) mass is 367 g/mol. The Hall–Kier alpha value is -0.910. The summed E-state index contributed by atoms with van der Waals surface area (Å²) in [7, 11) is 2.12. The van der Waals surface area contributed by atoms with Gasteiger partial charge in [-0.3, -0.25) is 4.98 Å². The average Bonchev–Trinajstić information content (AvgIpc) is 2.84. The van der Waals surface area contributed by atoms with Crippen LogP contribution in [0.5, 0.6) is 0 Å². The summed E-state index contributed by atoms with van der Waals surface area (Å²) >= 11 is 5.29. The molecule has 5 heteroatoms. The Morgan fingerprint density at radius 3 is 2.90 bits per heavy atom. The van der Waals surface area contributed by atoms with Crippen molar-refractivity contribution in [2.45, 2.75) is 26.9 Å². The zero-order valence-electron chi connectivity index (χ0n) is 12.8. The van der Waals surface area contributed by atoms with E-state index in [-0.39, 0.29) is 0 Å². The van der Waals surface area contributed by atoms with Crippen LogP contribution in [-0.4, -0.2) is 18.6 Å². The standard InChI is InChI=1S/C16H22BrN3S/c1-12(2)7-19-8-13-4-5-18-9-16(13)20(3)10-15-6-14(17)11-21-15/h4-6,9,11-12,19H,7-8,10H2,1-3H3. The van der Waals surface area contributed by atoms with E-state index in [4.69, 9.17) is 0 Å². The maximum Gasteiger partial charge on any atom is 0.0599 e. The molecule has 0 amide bonds. The highest BCUT2D eigenvalue weighted by atomic mass is 79.9. The number of nitrogens with zero attached hydrogens (tertiary/aromatic N) is 2. The van der Waals surface area contributed by atoms with Gasteiger partial charge in [0.15, 0.2) is 0 Å². The minimum absolute atomic E-state index is 0.663. The summed E-state index contributed by atoms with van der Waals surface area (Å²) in [5, 5.41) is 5.63. The number of thiophene rings is 1. The largest absolute Gasteiger partial charge is 0.368 e. The number of rotatable bonds is 7. The van der Waals surface area contributed by atoms with E-state index >= 15 is 0 Å². The van der Waals surface area contributed by atoms with Gasteiger partial charge in [-0.1, -0.05) is 13.8 Å². The first kappa shape index (κ1) is 16.5. The lowest BCUT2D eigenvalue weighted by Gasteiger charge is -2.21. The quantitative estimate of drug-likeness (QED) is 0.790. The lowest BCUT2D eigenvalue weighted by molar-refractivity contribution is 0.552. The van der Waals surface area contributed by atoms with Crippen molar-refractivity contribution in [1.82, 2.24) is 10.3 Å². The minimum Gasteiger partial charge on any atom is -0.368 e. The van der Waals surface area contributed by atoms with Crippen LogP contribution in [0.2, 0.25) is 0 Å². The van der Waals surface area contributed by atoms with Crippen molar-refractivity contribution in [1.29, 1.82) is 0 Å². The topological polar surface area (TPSA) is 28.2 Å². The molecule has 0 aliphatic heterocycles. The highest BCUT2D eigenvalue weighted by molar-refractivity contribution is 9.10. The third kappa shape index (κ3) is 5.09. The molecule has 1 N–H and O–H groups in total. The number of nitrogens with one attached hydrogen (secondary N) is 1.